The summed E-state index contributed by atoms with van der Waals surface area (Å²) in [6.45, 7) is 0. The van der Waals surface area contributed by atoms with E-state index in [2.05, 4.69) is 0 Å². The van der Waals surface area contributed by atoms with Gasteiger partial charge in [-0.25, -0.2) is 9.59 Å². The number of hydrogen-bond donors (Lipinski definition) is 2. The van der Waals surface area contributed by atoms with Crippen molar-refractivity contribution in [2.24, 2.45) is 0 Å². The molecule has 0 saturated heterocycles. The van der Waals surface area contributed by atoms with E-state index in [0.29, 0.717) is 0 Å². The number of aromatic carboxylic acids is 2. The van der Waals surface area contributed by atoms with E-state index in [4.69, 9.17) is 33.4 Å². The smallest absolute Gasteiger partial charge is 0.338 e. The van der Waals surface area contributed by atoms with Crippen LogP contribution in [-0.4, -0.2) is 27.4 Å². The Balaban J connectivity index is 3.70. The van der Waals surface area contributed by atoms with Crippen LogP contribution in [0.1, 0.15) is 31.1 Å². The highest BCUT2D eigenvalue weighted by Crippen LogP contribution is 2.25. The van der Waals surface area contributed by atoms with Crippen LogP contribution in [0.5, 0.6) is 0 Å². The third kappa shape index (κ3) is 2.15. The first-order chi connectivity index (χ1) is 7.36. The zero-order valence-corrected chi connectivity index (χ0v) is 9.04. The van der Waals surface area contributed by atoms with Gasteiger partial charge in [-0.15, -0.1) is 0 Å². The number of halogens is 2. The molecule has 0 spiro atoms. The minimum atomic E-state index is -1.52. The van der Waals surface area contributed by atoms with Crippen LogP contribution in [0.25, 0.3) is 0 Å². The van der Waals surface area contributed by atoms with Gasteiger partial charge in [0.25, 0.3) is 5.24 Å². The predicted molar refractivity (Wildman–Crippen MR) is 55.6 cm³/mol. The Morgan fingerprint density at radius 1 is 1.00 bits per heavy atom. The van der Waals surface area contributed by atoms with Gasteiger partial charge in [0.1, 0.15) is 0 Å². The molecule has 0 unspecified atom stereocenters. The number of carboxylic acid groups (broad SMARTS) is 2. The van der Waals surface area contributed by atoms with Gasteiger partial charge in [0.2, 0.25) is 0 Å². The summed E-state index contributed by atoms with van der Waals surface area (Å²) in [6, 6.07) is 2.10. The molecule has 0 aromatic heterocycles. The van der Waals surface area contributed by atoms with E-state index in [1.807, 2.05) is 0 Å². The van der Waals surface area contributed by atoms with Gasteiger partial charge in [-0.2, -0.15) is 0 Å². The van der Waals surface area contributed by atoms with Crippen LogP contribution in [-0.2, 0) is 0 Å². The number of benzene rings is 1. The van der Waals surface area contributed by atoms with Crippen LogP contribution >= 0.6 is 23.2 Å². The number of carbonyl (C=O) groups excluding carboxylic acids is 1. The summed E-state index contributed by atoms with van der Waals surface area (Å²) in [5, 5.41) is 16.1. The molecule has 1 aromatic rings. The second-order valence-corrected chi connectivity index (χ2v) is 3.48. The second kappa shape index (κ2) is 4.51. The van der Waals surface area contributed by atoms with Crippen molar-refractivity contribution in [1.82, 2.24) is 0 Å². The van der Waals surface area contributed by atoms with Crippen LogP contribution in [0.4, 0.5) is 0 Å². The summed E-state index contributed by atoms with van der Waals surface area (Å²) in [5.74, 6) is -2.97. The molecular weight excluding hydrogens is 259 g/mol. The zero-order valence-electron chi connectivity index (χ0n) is 7.53. The molecule has 5 nitrogen and oxygen atoms in total. The summed E-state index contributed by atoms with van der Waals surface area (Å²) in [7, 11) is 0. The van der Waals surface area contributed by atoms with Crippen molar-refractivity contribution in [3.63, 3.8) is 0 Å². The Kier molecular flexibility index (Phi) is 3.51. The first-order valence-electron chi connectivity index (χ1n) is 3.85. The van der Waals surface area contributed by atoms with Gasteiger partial charge in [-0.05, 0) is 23.7 Å². The van der Waals surface area contributed by atoms with Gasteiger partial charge in [0, 0.05) is 0 Å². The Morgan fingerprint density at radius 3 is 1.94 bits per heavy atom. The summed E-state index contributed by atoms with van der Waals surface area (Å²) >= 11 is 10.7. The molecule has 2 N–H and O–H groups in total. The quantitative estimate of drug-likeness (QED) is 0.815. The van der Waals surface area contributed by atoms with Crippen molar-refractivity contribution in [1.29, 1.82) is 0 Å². The highest BCUT2D eigenvalue weighted by atomic mass is 35.5. The maximum Gasteiger partial charge on any atom is 0.338 e. The van der Waals surface area contributed by atoms with Crippen LogP contribution in [0.3, 0.4) is 0 Å². The maximum atomic E-state index is 11.0. The third-order valence-corrected chi connectivity index (χ3v) is 2.30. The van der Waals surface area contributed by atoms with Gasteiger partial charge in [0.05, 0.1) is 21.7 Å². The van der Waals surface area contributed by atoms with E-state index in [9.17, 15) is 14.4 Å². The average Bonchev–Trinajstić information content (AvgIpc) is 2.15. The lowest BCUT2D eigenvalue weighted by atomic mass is 10.0. The molecular formula is C9H4Cl2O5. The molecule has 0 fully saturated rings. The zero-order chi connectivity index (χ0) is 12.5. The molecule has 1 aromatic carbocycles. The fourth-order valence-electron chi connectivity index (χ4n) is 1.17. The summed E-state index contributed by atoms with van der Waals surface area (Å²) in [4.78, 5) is 32.6. The summed E-state index contributed by atoms with van der Waals surface area (Å²) < 4.78 is 0. The third-order valence-electron chi connectivity index (χ3n) is 1.80. The van der Waals surface area contributed by atoms with E-state index in [1.54, 1.807) is 0 Å². The predicted octanol–water partition coefficient (Wildman–Crippen LogP) is 2.12. The Morgan fingerprint density at radius 2 is 1.56 bits per heavy atom. The molecule has 0 aliphatic carbocycles. The number of carbonyl (C=O) groups is 3. The van der Waals surface area contributed by atoms with Crippen LogP contribution < -0.4 is 0 Å². The molecule has 0 bridgehead atoms. The van der Waals surface area contributed by atoms with Gasteiger partial charge in [-0.3, -0.25) is 4.79 Å². The van der Waals surface area contributed by atoms with Gasteiger partial charge >= 0.3 is 11.9 Å². The van der Waals surface area contributed by atoms with Crippen molar-refractivity contribution in [3.05, 3.63) is 33.8 Å². The molecule has 0 heterocycles. The van der Waals surface area contributed by atoms with Crippen LogP contribution in [0.15, 0.2) is 12.1 Å². The lowest BCUT2D eigenvalue weighted by molar-refractivity contribution is 0.0691. The van der Waals surface area contributed by atoms with E-state index >= 15 is 0 Å². The fraction of sp³-hybridized carbons (Fsp3) is 0. The van der Waals surface area contributed by atoms with E-state index < -0.39 is 33.9 Å². The molecule has 0 aliphatic rings. The highest BCUT2D eigenvalue weighted by molar-refractivity contribution is 6.68. The van der Waals surface area contributed by atoms with Crippen LogP contribution in [0, 0.1) is 0 Å². The number of carboxylic acids is 2. The minimum Gasteiger partial charge on any atom is -0.478 e. The lowest BCUT2D eigenvalue weighted by Gasteiger charge is -2.07. The van der Waals surface area contributed by atoms with Crippen molar-refractivity contribution < 1.29 is 24.6 Å². The highest BCUT2D eigenvalue weighted by Gasteiger charge is 2.25. The molecule has 0 saturated carbocycles. The van der Waals surface area contributed by atoms with Gasteiger partial charge in [0.15, 0.2) is 0 Å². The Bertz CT molecular complexity index is 495. The molecule has 0 radical (unpaired) electrons. The molecule has 7 heteroatoms. The van der Waals surface area contributed by atoms with Crippen LogP contribution in [0.2, 0.25) is 5.02 Å². The van der Waals surface area contributed by atoms with Crippen molar-refractivity contribution >= 4 is 40.4 Å². The van der Waals surface area contributed by atoms with Gasteiger partial charge in [-0.1, -0.05) is 11.6 Å². The normalized spacial score (nSPS) is 9.88. The number of rotatable bonds is 3. The fourth-order valence-corrected chi connectivity index (χ4v) is 1.60. The van der Waals surface area contributed by atoms with Crippen molar-refractivity contribution in [2.45, 2.75) is 0 Å². The Hall–Kier alpha value is -1.59. The molecule has 0 aliphatic heterocycles. The van der Waals surface area contributed by atoms with E-state index in [-0.39, 0.29) is 5.02 Å². The molecule has 0 atom stereocenters. The van der Waals surface area contributed by atoms with Gasteiger partial charge < -0.3 is 10.2 Å². The molecule has 16 heavy (non-hydrogen) atoms. The standard InChI is InChI=1S/C9H4Cl2O5/c10-4-2-1-3(8(13)14)5(7(11)12)6(4)9(15)16/h1-2H,(H,13,14)(H,15,16). The van der Waals surface area contributed by atoms with E-state index in [1.165, 1.54) is 0 Å². The minimum absolute atomic E-state index is 0.249. The first kappa shape index (κ1) is 12.5. The molecule has 1 rings (SSSR count). The summed E-state index contributed by atoms with van der Waals surface area (Å²) in [6.07, 6.45) is 0. The SMILES string of the molecule is O=C(O)c1ccc(Cl)c(C(=O)O)c1C(=O)Cl. The Labute approximate surface area is 99.2 Å². The number of hydrogen-bond acceptors (Lipinski definition) is 3. The average molecular weight is 263 g/mol. The van der Waals surface area contributed by atoms with E-state index in [0.717, 1.165) is 12.1 Å². The topological polar surface area (TPSA) is 91.7 Å². The largest absolute Gasteiger partial charge is 0.478 e. The second-order valence-electron chi connectivity index (χ2n) is 2.73. The first-order valence-corrected chi connectivity index (χ1v) is 4.60. The van der Waals surface area contributed by atoms with Crippen molar-refractivity contribution in [2.75, 3.05) is 0 Å². The summed E-state index contributed by atoms with van der Waals surface area (Å²) in [5.41, 5.74) is -1.72. The maximum absolute atomic E-state index is 11.0. The molecule has 0 amide bonds. The molecule has 84 valence electrons. The monoisotopic (exact) mass is 262 g/mol. The lowest BCUT2D eigenvalue weighted by Crippen LogP contribution is -2.12. The van der Waals surface area contributed by atoms with Crippen molar-refractivity contribution in [3.8, 4) is 0 Å².